The summed E-state index contributed by atoms with van der Waals surface area (Å²) in [6.45, 7) is 11.5. The second-order valence-corrected chi connectivity index (χ2v) is 12.3. The third-order valence-corrected chi connectivity index (χ3v) is 7.98. The van der Waals surface area contributed by atoms with Crippen molar-refractivity contribution in [3.63, 3.8) is 0 Å². The maximum absolute atomic E-state index is 13.4. The molecule has 1 fully saturated rings. The van der Waals surface area contributed by atoms with Crippen molar-refractivity contribution in [3.8, 4) is 5.69 Å². The molecule has 2 atom stereocenters. The molecular formula is C33H38N4O2. The van der Waals surface area contributed by atoms with Crippen molar-refractivity contribution in [1.29, 1.82) is 0 Å². The van der Waals surface area contributed by atoms with Crippen molar-refractivity contribution in [3.05, 3.63) is 95.7 Å². The van der Waals surface area contributed by atoms with Crippen LogP contribution in [0.3, 0.4) is 0 Å². The summed E-state index contributed by atoms with van der Waals surface area (Å²) in [6.07, 6.45) is 5.06. The van der Waals surface area contributed by atoms with Gasteiger partial charge in [0.05, 0.1) is 16.8 Å². The van der Waals surface area contributed by atoms with E-state index in [0.29, 0.717) is 11.1 Å². The van der Waals surface area contributed by atoms with Gasteiger partial charge in [0.15, 0.2) is 0 Å². The fraction of sp³-hybridized carbons (Fsp3) is 0.364. The molecule has 0 saturated carbocycles. The number of aromatic nitrogens is 2. The van der Waals surface area contributed by atoms with Crippen LogP contribution in [0, 0.1) is 5.41 Å². The average molecular weight is 523 g/mol. The van der Waals surface area contributed by atoms with Gasteiger partial charge in [0.2, 0.25) is 6.41 Å². The van der Waals surface area contributed by atoms with Gasteiger partial charge in [-0.3, -0.25) is 9.59 Å². The van der Waals surface area contributed by atoms with Crippen LogP contribution in [-0.2, 0) is 10.3 Å². The van der Waals surface area contributed by atoms with E-state index < -0.39 is 5.54 Å². The monoisotopic (exact) mass is 522 g/mol. The highest BCUT2D eigenvalue weighted by Gasteiger charge is 2.39. The Hall–Kier alpha value is -3.93. The summed E-state index contributed by atoms with van der Waals surface area (Å²) in [5, 5.41) is 8.92. The number of piperidine rings is 1. The van der Waals surface area contributed by atoms with Crippen LogP contribution >= 0.6 is 0 Å². The number of amides is 2. The van der Waals surface area contributed by atoms with Gasteiger partial charge >= 0.3 is 0 Å². The molecule has 0 aliphatic carbocycles. The van der Waals surface area contributed by atoms with E-state index in [1.807, 2.05) is 78.2 Å². The fourth-order valence-electron chi connectivity index (χ4n) is 6.10. The number of nitrogens with zero attached hydrogens (tertiary/aromatic N) is 3. The van der Waals surface area contributed by atoms with Crippen molar-refractivity contribution in [1.82, 2.24) is 20.0 Å². The van der Waals surface area contributed by atoms with Gasteiger partial charge in [0.1, 0.15) is 5.52 Å². The molecule has 6 heteroatoms. The number of benzene rings is 3. The first-order chi connectivity index (χ1) is 18.6. The number of carbonyl (C=O) groups excluding carboxylic acids is 2. The Bertz CT molecular complexity index is 1470. The Balaban J connectivity index is 1.41. The minimum atomic E-state index is -0.525. The van der Waals surface area contributed by atoms with Crippen LogP contribution in [-0.4, -0.2) is 39.6 Å². The molecule has 202 valence electrons. The largest absolute Gasteiger partial charge is 0.343 e. The van der Waals surface area contributed by atoms with Crippen LogP contribution in [0.1, 0.15) is 74.9 Å². The zero-order chi connectivity index (χ0) is 27.8. The number of carbonyl (C=O) groups is 2. The van der Waals surface area contributed by atoms with E-state index in [1.54, 1.807) is 0 Å². The second-order valence-electron chi connectivity index (χ2n) is 12.3. The van der Waals surface area contributed by atoms with E-state index >= 15 is 0 Å². The Labute approximate surface area is 231 Å². The first kappa shape index (κ1) is 26.7. The maximum atomic E-state index is 13.4. The molecule has 3 aromatic carbocycles. The number of nitrogens with one attached hydrogen (secondary N) is 1. The van der Waals surface area contributed by atoms with Gasteiger partial charge in [-0.2, -0.15) is 5.10 Å². The number of likely N-dealkylation sites (tertiary alicyclic amines) is 1. The van der Waals surface area contributed by atoms with Crippen LogP contribution < -0.4 is 5.32 Å². The second kappa shape index (κ2) is 10.3. The third kappa shape index (κ3) is 5.33. The third-order valence-electron chi connectivity index (χ3n) is 7.98. The van der Waals surface area contributed by atoms with Gasteiger partial charge in [-0.15, -0.1) is 0 Å². The zero-order valence-electron chi connectivity index (χ0n) is 23.5. The zero-order valence-corrected chi connectivity index (χ0v) is 23.5. The Morgan fingerprint density at radius 1 is 0.949 bits per heavy atom. The van der Waals surface area contributed by atoms with Gasteiger partial charge in [0, 0.05) is 30.1 Å². The normalized spacial score (nSPS) is 18.2. The predicted octanol–water partition coefficient (Wildman–Crippen LogP) is 6.44. The van der Waals surface area contributed by atoms with Gasteiger partial charge in [-0.25, -0.2) is 4.68 Å². The molecule has 5 rings (SSSR count). The molecule has 6 nitrogen and oxygen atoms in total. The minimum absolute atomic E-state index is 0.0174. The summed E-state index contributed by atoms with van der Waals surface area (Å²) in [5.41, 5.74) is 3.89. The van der Waals surface area contributed by atoms with Crippen LogP contribution in [0.4, 0.5) is 0 Å². The molecule has 0 spiro atoms. The smallest absolute Gasteiger partial charge is 0.254 e. The molecule has 1 N–H and O–H groups in total. The van der Waals surface area contributed by atoms with Crippen LogP contribution in [0.25, 0.3) is 16.6 Å². The highest BCUT2D eigenvalue weighted by atomic mass is 16.2. The van der Waals surface area contributed by atoms with Crippen LogP contribution in [0.5, 0.6) is 0 Å². The van der Waals surface area contributed by atoms with Crippen molar-refractivity contribution in [2.75, 3.05) is 6.54 Å². The van der Waals surface area contributed by atoms with E-state index in [-0.39, 0.29) is 23.3 Å². The summed E-state index contributed by atoms with van der Waals surface area (Å²) in [7, 11) is 0. The van der Waals surface area contributed by atoms with Crippen molar-refractivity contribution in [2.45, 2.75) is 65.0 Å². The van der Waals surface area contributed by atoms with E-state index in [0.717, 1.165) is 42.4 Å². The molecule has 1 aromatic heterocycles. The lowest BCUT2D eigenvalue weighted by molar-refractivity contribution is -0.124. The van der Waals surface area contributed by atoms with Gasteiger partial charge < -0.3 is 10.2 Å². The lowest BCUT2D eigenvalue weighted by Gasteiger charge is -2.46. The number of fused-ring (bicyclic) bond motifs is 1. The van der Waals surface area contributed by atoms with Crippen LogP contribution in [0.15, 0.2) is 79.0 Å². The lowest BCUT2D eigenvalue weighted by atomic mass is 9.71. The summed E-state index contributed by atoms with van der Waals surface area (Å²) in [5.74, 6) is 0.137. The van der Waals surface area contributed by atoms with E-state index in [1.165, 1.54) is 5.56 Å². The molecule has 1 saturated heterocycles. The topological polar surface area (TPSA) is 67.2 Å². The first-order valence-corrected chi connectivity index (χ1v) is 13.8. The number of rotatable bonds is 6. The van der Waals surface area contributed by atoms with Crippen LogP contribution in [0.2, 0.25) is 0 Å². The summed E-state index contributed by atoms with van der Waals surface area (Å²) < 4.78 is 1.84. The van der Waals surface area contributed by atoms with E-state index in [4.69, 9.17) is 5.10 Å². The van der Waals surface area contributed by atoms with E-state index in [2.05, 4.69) is 50.4 Å². The molecular weight excluding hydrogens is 484 g/mol. The standard InChI is InChI=1S/C33H38N4O2/c1-32(2,3)30-27(15-10-20-36(30)22-38)23-16-18-26(19-17-23)37-21-24-11-9-14-28(29(24)35-37)31(39)34-33(4,5)25-12-7-6-8-13-25/h6-9,11-14,16-19,21-22,27,30H,10,15,20H2,1-5H3,(H,34,39). The molecule has 2 heterocycles. The summed E-state index contributed by atoms with van der Waals surface area (Å²) in [4.78, 5) is 27.2. The highest BCUT2D eigenvalue weighted by molar-refractivity contribution is 6.05. The van der Waals surface area contributed by atoms with Gasteiger partial charge in [-0.1, -0.05) is 75.4 Å². The molecule has 2 unspecified atom stereocenters. The predicted molar refractivity (Wildman–Crippen MR) is 156 cm³/mol. The Morgan fingerprint density at radius 3 is 2.33 bits per heavy atom. The first-order valence-electron chi connectivity index (χ1n) is 13.8. The Kier molecular flexibility index (Phi) is 7.06. The van der Waals surface area contributed by atoms with Gasteiger partial charge in [-0.05, 0) is 61.4 Å². The summed E-state index contributed by atoms with van der Waals surface area (Å²) >= 11 is 0. The maximum Gasteiger partial charge on any atom is 0.254 e. The molecule has 4 aromatic rings. The SMILES string of the molecule is CC(C)(NC(=O)c1cccc2cn(-c3ccc(C4CCCN(C=O)C4C(C)(C)C)cc3)nc12)c1ccccc1. The lowest BCUT2D eigenvalue weighted by Crippen LogP contribution is -2.50. The number of hydrogen-bond donors (Lipinski definition) is 1. The number of hydrogen-bond acceptors (Lipinski definition) is 3. The minimum Gasteiger partial charge on any atom is -0.343 e. The molecule has 39 heavy (non-hydrogen) atoms. The average Bonchev–Trinajstić information content (AvgIpc) is 3.37. The van der Waals surface area contributed by atoms with Crippen molar-refractivity contribution < 1.29 is 9.59 Å². The molecule has 1 aliphatic heterocycles. The summed E-state index contributed by atoms with van der Waals surface area (Å²) in [6, 6.07) is 24.3. The van der Waals surface area contributed by atoms with E-state index in [9.17, 15) is 9.59 Å². The molecule has 0 radical (unpaired) electrons. The van der Waals surface area contributed by atoms with Gasteiger partial charge in [0.25, 0.3) is 5.91 Å². The molecule has 0 bridgehead atoms. The Morgan fingerprint density at radius 2 is 1.67 bits per heavy atom. The highest BCUT2D eigenvalue weighted by Crippen LogP contribution is 2.41. The quantitative estimate of drug-likeness (QED) is 0.296. The molecule has 1 aliphatic rings. The van der Waals surface area contributed by atoms with Crippen molar-refractivity contribution >= 4 is 23.2 Å². The fourth-order valence-corrected chi connectivity index (χ4v) is 6.10. The molecule has 2 amide bonds. The van der Waals surface area contributed by atoms with Crippen molar-refractivity contribution in [2.24, 2.45) is 5.41 Å².